The highest BCUT2D eigenvalue weighted by Crippen LogP contribution is 2.59. The maximum atomic E-state index is 15.3. The van der Waals surface area contributed by atoms with E-state index in [-0.39, 0.29) is 11.8 Å². The van der Waals surface area contributed by atoms with Gasteiger partial charge >= 0.3 is 0 Å². The first kappa shape index (κ1) is 19.9. The molecule has 5 rings (SSSR count). The number of anilines is 1. The van der Waals surface area contributed by atoms with Crippen molar-refractivity contribution in [3.63, 3.8) is 0 Å². The zero-order valence-corrected chi connectivity index (χ0v) is 18.3. The van der Waals surface area contributed by atoms with Crippen LogP contribution < -0.4 is 10.6 Å². The minimum atomic E-state index is -1.21. The standard InChI is InChI=1S/C25H20BrFN2O2/c1-14-21(20-17(26)11-7-12-18(20)27)25(16-10-5-6-13-19(16)28-24(25)31)22(29-23(14)30)15-8-3-2-4-9-15/h2-14,21-22H,1H3,(H,28,31)(H,29,30)/t14-,21-,22+,25-/m0/s1. The number of fused-ring (bicyclic) bond motifs is 2. The number of nitrogens with one attached hydrogen (secondary N) is 2. The molecule has 3 aromatic rings. The van der Waals surface area contributed by atoms with Crippen molar-refractivity contribution in [2.75, 3.05) is 5.32 Å². The summed E-state index contributed by atoms with van der Waals surface area (Å²) >= 11 is 3.49. The molecule has 0 saturated carbocycles. The summed E-state index contributed by atoms with van der Waals surface area (Å²) in [7, 11) is 0. The topological polar surface area (TPSA) is 58.2 Å². The maximum Gasteiger partial charge on any atom is 0.238 e. The van der Waals surface area contributed by atoms with Crippen molar-refractivity contribution in [3.05, 3.63) is 99.8 Å². The highest BCUT2D eigenvalue weighted by Gasteiger charge is 2.63. The molecular weight excluding hydrogens is 459 g/mol. The van der Waals surface area contributed by atoms with Gasteiger partial charge in [0.05, 0.1) is 6.04 Å². The van der Waals surface area contributed by atoms with Gasteiger partial charge in [-0.25, -0.2) is 4.39 Å². The molecule has 3 aromatic carbocycles. The van der Waals surface area contributed by atoms with E-state index in [0.29, 0.717) is 15.7 Å². The molecule has 1 saturated heterocycles. The summed E-state index contributed by atoms with van der Waals surface area (Å²) < 4.78 is 15.9. The average molecular weight is 479 g/mol. The van der Waals surface area contributed by atoms with Crippen LogP contribution in [0, 0.1) is 11.7 Å². The molecule has 2 N–H and O–H groups in total. The molecule has 1 spiro atoms. The molecule has 0 aromatic heterocycles. The molecule has 2 aliphatic heterocycles. The highest BCUT2D eigenvalue weighted by atomic mass is 79.9. The second-order valence-corrected chi connectivity index (χ2v) is 8.98. The monoisotopic (exact) mass is 478 g/mol. The van der Waals surface area contributed by atoms with Gasteiger partial charge < -0.3 is 10.6 Å². The van der Waals surface area contributed by atoms with Crippen LogP contribution in [0.2, 0.25) is 0 Å². The van der Waals surface area contributed by atoms with Crippen molar-refractivity contribution in [1.29, 1.82) is 0 Å². The summed E-state index contributed by atoms with van der Waals surface area (Å²) in [6.07, 6.45) is 0. The lowest BCUT2D eigenvalue weighted by Crippen LogP contribution is -2.60. The number of halogens is 2. The van der Waals surface area contributed by atoms with Crippen LogP contribution in [0.4, 0.5) is 10.1 Å². The molecule has 0 bridgehead atoms. The molecule has 156 valence electrons. The zero-order chi connectivity index (χ0) is 21.8. The fourth-order valence-electron chi connectivity index (χ4n) is 5.29. The van der Waals surface area contributed by atoms with Crippen LogP contribution in [-0.2, 0) is 15.0 Å². The van der Waals surface area contributed by atoms with Gasteiger partial charge in [-0.05, 0) is 29.3 Å². The number of para-hydroxylation sites is 1. The minimum Gasteiger partial charge on any atom is -0.348 e. The van der Waals surface area contributed by atoms with Crippen molar-refractivity contribution in [1.82, 2.24) is 5.32 Å². The van der Waals surface area contributed by atoms with Crippen molar-refractivity contribution in [2.45, 2.75) is 24.3 Å². The molecule has 6 heteroatoms. The van der Waals surface area contributed by atoms with E-state index in [1.165, 1.54) is 6.07 Å². The van der Waals surface area contributed by atoms with E-state index in [1.54, 1.807) is 19.1 Å². The first-order chi connectivity index (χ1) is 15.0. The number of amides is 2. The normalized spacial score (nSPS) is 27.0. The van der Waals surface area contributed by atoms with Crippen molar-refractivity contribution in [2.24, 2.45) is 5.92 Å². The predicted molar refractivity (Wildman–Crippen MR) is 120 cm³/mol. The SMILES string of the molecule is C[C@@H]1C(=O)N[C@H](c2ccccc2)[C@@]2(C(=O)Nc3ccccc32)[C@@H]1c1c(F)cccc1Br. The predicted octanol–water partition coefficient (Wildman–Crippen LogP) is 5.07. The number of benzene rings is 3. The van der Waals surface area contributed by atoms with Crippen LogP contribution in [0.5, 0.6) is 0 Å². The summed E-state index contributed by atoms with van der Waals surface area (Å²) in [5.74, 6) is -2.24. The number of carbonyl (C=O) groups is 2. The average Bonchev–Trinajstić information content (AvgIpc) is 3.06. The molecule has 4 nitrogen and oxygen atoms in total. The molecule has 2 aliphatic rings. The van der Waals surface area contributed by atoms with Crippen LogP contribution >= 0.6 is 15.9 Å². The fourth-order valence-corrected chi connectivity index (χ4v) is 5.87. The Kier molecular flexibility index (Phi) is 4.70. The molecule has 1 fully saturated rings. The lowest BCUT2D eigenvalue weighted by Gasteiger charge is -2.49. The third-order valence-electron chi connectivity index (χ3n) is 6.59. The number of hydrogen-bond acceptors (Lipinski definition) is 2. The fraction of sp³-hybridized carbons (Fsp3) is 0.200. The van der Waals surface area contributed by atoms with Crippen LogP contribution in [0.3, 0.4) is 0 Å². The molecule has 0 aliphatic carbocycles. The van der Waals surface area contributed by atoms with Gasteiger partial charge in [-0.2, -0.15) is 0 Å². The Morgan fingerprint density at radius 2 is 1.65 bits per heavy atom. The summed E-state index contributed by atoms with van der Waals surface area (Å²) in [5, 5.41) is 6.09. The third kappa shape index (κ3) is 2.78. The summed E-state index contributed by atoms with van der Waals surface area (Å²) in [5.41, 5.74) is 1.38. The summed E-state index contributed by atoms with van der Waals surface area (Å²) in [6, 6.07) is 21.0. The van der Waals surface area contributed by atoms with E-state index < -0.39 is 29.1 Å². The Hall–Kier alpha value is -2.99. The molecule has 2 heterocycles. The third-order valence-corrected chi connectivity index (χ3v) is 7.28. The maximum absolute atomic E-state index is 15.3. The Balaban J connectivity index is 1.88. The Morgan fingerprint density at radius 1 is 0.935 bits per heavy atom. The molecule has 31 heavy (non-hydrogen) atoms. The van der Waals surface area contributed by atoms with Crippen molar-refractivity contribution in [3.8, 4) is 0 Å². The highest BCUT2D eigenvalue weighted by molar-refractivity contribution is 9.10. The van der Waals surface area contributed by atoms with Gasteiger partial charge in [0.2, 0.25) is 11.8 Å². The van der Waals surface area contributed by atoms with Crippen LogP contribution in [-0.4, -0.2) is 11.8 Å². The van der Waals surface area contributed by atoms with Gasteiger partial charge in [0.15, 0.2) is 0 Å². The Bertz CT molecular complexity index is 1180. The largest absolute Gasteiger partial charge is 0.348 e. The summed E-state index contributed by atoms with van der Waals surface area (Å²) in [4.78, 5) is 27.0. The lowest BCUT2D eigenvalue weighted by molar-refractivity contribution is -0.135. The Labute approximate surface area is 188 Å². The van der Waals surface area contributed by atoms with Crippen LogP contribution in [0.25, 0.3) is 0 Å². The number of piperidine rings is 1. The van der Waals surface area contributed by atoms with Gasteiger partial charge in [0, 0.05) is 27.6 Å². The van der Waals surface area contributed by atoms with Crippen LogP contribution in [0.15, 0.2) is 77.3 Å². The van der Waals surface area contributed by atoms with E-state index in [1.807, 2.05) is 54.6 Å². The second-order valence-electron chi connectivity index (χ2n) is 8.12. The van der Waals surface area contributed by atoms with Crippen LogP contribution in [0.1, 0.15) is 35.6 Å². The molecule has 2 amide bonds. The molecule has 4 atom stereocenters. The second kappa shape index (κ2) is 7.31. The number of hydrogen-bond donors (Lipinski definition) is 2. The first-order valence-corrected chi connectivity index (χ1v) is 11.0. The van der Waals surface area contributed by atoms with Gasteiger partial charge in [-0.15, -0.1) is 0 Å². The quantitative estimate of drug-likeness (QED) is 0.540. The van der Waals surface area contributed by atoms with Gasteiger partial charge in [-0.1, -0.05) is 77.5 Å². The number of rotatable bonds is 2. The molecule has 0 radical (unpaired) electrons. The molecule has 0 unspecified atom stereocenters. The lowest BCUT2D eigenvalue weighted by atomic mass is 9.56. The van der Waals surface area contributed by atoms with Gasteiger partial charge in [0.25, 0.3) is 0 Å². The van der Waals surface area contributed by atoms with E-state index >= 15 is 4.39 Å². The smallest absolute Gasteiger partial charge is 0.238 e. The van der Waals surface area contributed by atoms with Crippen molar-refractivity contribution >= 4 is 33.4 Å². The van der Waals surface area contributed by atoms with E-state index in [9.17, 15) is 9.59 Å². The Morgan fingerprint density at radius 3 is 2.39 bits per heavy atom. The van der Waals surface area contributed by atoms with Gasteiger partial charge in [-0.3, -0.25) is 9.59 Å². The van der Waals surface area contributed by atoms with E-state index in [4.69, 9.17) is 0 Å². The van der Waals surface area contributed by atoms with Crippen molar-refractivity contribution < 1.29 is 14.0 Å². The van der Waals surface area contributed by atoms with E-state index in [2.05, 4.69) is 26.6 Å². The minimum absolute atomic E-state index is 0.211. The molecular formula is C25H20BrFN2O2. The van der Waals surface area contributed by atoms with E-state index in [0.717, 1.165) is 11.1 Å². The number of carbonyl (C=O) groups excluding carboxylic acids is 2. The van der Waals surface area contributed by atoms with Gasteiger partial charge in [0.1, 0.15) is 11.2 Å². The summed E-state index contributed by atoms with van der Waals surface area (Å²) in [6.45, 7) is 1.76. The zero-order valence-electron chi connectivity index (χ0n) is 16.7. The first-order valence-electron chi connectivity index (χ1n) is 10.2.